The average molecular weight is 190 g/mol. The van der Waals surface area contributed by atoms with Gasteiger partial charge in [-0.05, 0) is 12.8 Å². The summed E-state index contributed by atoms with van der Waals surface area (Å²) in [5, 5.41) is 0. The van der Waals surface area contributed by atoms with Crippen LogP contribution >= 0.6 is 12.6 Å². The van der Waals surface area contributed by atoms with Gasteiger partial charge in [0.2, 0.25) is 0 Å². The fourth-order valence-corrected chi connectivity index (χ4v) is 0.845. The van der Waals surface area contributed by atoms with Gasteiger partial charge in [0.25, 0.3) is 0 Å². The largest absolute Gasteiger partial charge is 0.379 e. The van der Waals surface area contributed by atoms with Crippen LogP contribution in [0.4, 0.5) is 0 Å². The molecule has 0 radical (unpaired) electrons. The lowest BCUT2D eigenvalue weighted by Gasteiger charge is -2.03. The fourth-order valence-electron chi connectivity index (χ4n) is 0.716. The minimum atomic E-state index is 0.675. The van der Waals surface area contributed by atoms with Gasteiger partial charge >= 0.3 is 0 Å². The third-order valence-electron chi connectivity index (χ3n) is 1.30. The van der Waals surface area contributed by atoms with E-state index in [2.05, 4.69) is 19.2 Å². The first-order valence-corrected chi connectivity index (χ1v) is 4.92. The number of hydrogen-bond acceptors (Lipinski definition) is 3. The molecule has 0 aliphatic rings. The average Bonchev–Trinajstić information content (AvgIpc) is 2.10. The molecule has 0 saturated heterocycles. The van der Waals surface area contributed by atoms with Crippen LogP contribution in [-0.2, 0) is 9.47 Å². The summed E-state index contributed by atoms with van der Waals surface area (Å²) >= 11 is 4.01. The maximum Gasteiger partial charge on any atom is 0.0700 e. The molecule has 0 aromatic heterocycles. The molecule has 0 amide bonds. The zero-order chi connectivity index (χ0) is 9.07. The van der Waals surface area contributed by atoms with Crippen molar-refractivity contribution in [1.82, 2.24) is 0 Å². The van der Waals surface area contributed by atoms with Crippen LogP contribution in [0.1, 0.15) is 12.8 Å². The number of rotatable bonds is 9. The molecule has 0 atom stereocenters. The minimum Gasteiger partial charge on any atom is -0.379 e. The Hall–Kier alpha value is 0.0100. The number of ether oxygens (including phenoxy) is 2. The van der Waals surface area contributed by atoms with Gasteiger partial charge in [-0.2, -0.15) is 12.6 Å². The van der Waals surface area contributed by atoms with Gasteiger partial charge in [-0.25, -0.2) is 0 Å². The Balaban J connectivity index is 2.77. The first kappa shape index (κ1) is 12.0. The van der Waals surface area contributed by atoms with E-state index in [9.17, 15) is 0 Å². The molecule has 0 aliphatic carbocycles. The molecule has 0 saturated carbocycles. The highest BCUT2D eigenvalue weighted by atomic mass is 32.1. The second-order valence-electron chi connectivity index (χ2n) is 2.38. The third kappa shape index (κ3) is 10.0. The molecule has 0 aromatic carbocycles. The predicted octanol–water partition coefficient (Wildman–Crippen LogP) is 1.92. The molecular formula is C9H18O2S. The second kappa shape index (κ2) is 11.0. The first-order valence-electron chi connectivity index (χ1n) is 4.29. The zero-order valence-electron chi connectivity index (χ0n) is 7.50. The van der Waals surface area contributed by atoms with Crippen LogP contribution in [0, 0.1) is 0 Å². The minimum absolute atomic E-state index is 0.675. The summed E-state index contributed by atoms with van der Waals surface area (Å²) in [4.78, 5) is 0. The van der Waals surface area contributed by atoms with E-state index in [1.165, 1.54) is 0 Å². The van der Waals surface area contributed by atoms with Gasteiger partial charge in [0.1, 0.15) is 0 Å². The molecule has 0 unspecified atom stereocenters. The van der Waals surface area contributed by atoms with Crippen molar-refractivity contribution in [3.05, 3.63) is 12.7 Å². The smallest absolute Gasteiger partial charge is 0.0700 e. The Kier molecular flexibility index (Phi) is 11.0. The maximum atomic E-state index is 5.28. The highest BCUT2D eigenvalue weighted by Gasteiger charge is 1.88. The SMILES string of the molecule is C=CCCCOCCOCCS. The molecular weight excluding hydrogens is 172 g/mol. The summed E-state index contributed by atoms with van der Waals surface area (Å²) in [6.07, 6.45) is 3.98. The summed E-state index contributed by atoms with van der Waals surface area (Å²) in [5.74, 6) is 0.774. The van der Waals surface area contributed by atoms with E-state index >= 15 is 0 Å². The topological polar surface area (TPSA) is 18.5 Å². The van der Waals surface area contributed by atoms with E-state index in [1.807, 2.05) is 6.08 Å². The highest BCUT2D eigenvalue weighted by Crippen LogP contribution is 1.90. The van der Waals surface area contributed by atoms with Crippen molar-refractivity contribution in [3.8, 4) is 0 Å². The molecule has 0 N–H and O–H groups in total. The van der Waals surface area contributed by atoms with E-state index in [0.717, 1.165) is 25.2 Å². The standard InChI is InChI=1S/C9H18O2S/c1-2-3-4-5-10-6-7-11-8-9-12/h2,12H,1,3-9H2. The van der Waals surface area contributed by atoms with E-state index in [4.69, 9.17) is 9.47 Å². The molecule has 3 heteroatoms. The van der Waals surface area contributed by atoms with Crippen LogP contribution in [0.25, 0.3) is 0 Å². The summed E-state index contributed by atoms with van der Waals surface area (Å²) in [6, 6.07) is 0. The normalized spacial score (nSPS) is 10.1. The van der Waals surface area contributed by atoms with Gasteiger partial charge < -0.3 is 9.47 Å². The molecule has 0 aliphatic heterocycles. The van der Waals surface area contributed by atoms with Crippen molar-refractivity contribution in [2.45, 2.75) is 12.8 Å². The van der Waals surface area contributed by atoms with Crippen LogP contribution in [0.3, 0.4) is 0 Å². The Morgan fingerprint density at radius 3 is 2.33 bits per heavy atom. The van der Waals surface area contributed by atoms with E-state index < -0.39 is 0 Å². The molecule has 2 nitrogen and oxygen atoms in total. The van der Waals surface area contributed by atoms with Gasteiger partial charge in [0.15, 0.2) is 0 Å². The number of hydrogen-bond donors (Lipinski definition) is 1. The Labute approximate surface area is 80.4 Å². The van der Waals surface area contributed by atoms with Gasteiger partial charge in [-0.3, -0.25) is 0 Å². The highest BCUT2D eigenvalue weighted by molar-refractivity contribution is 7.80. The Bertz CT molecular complexity index is 96.5. The van der Waals surface area contributed by atoms with Gasteiger partial charge in [0.05, 0.1) is 19.8 Å². The van der Waals surface area contributed by atoms with Crippen LogP contribution < -0.4 is 0 Å². The molecule has 0 fully saturated rings. The number of thiol groups is 1. The maximum absolute atomic E-state index is 5.28. The summed E-state index contributed by atoms with van der Waals surface area (Å²) < 4.78 is 10.5. The molecule has 0 spiro atoms. The van der Waals surface area contributed by atoms with Crippen molar-refractivity contribution in [1.29, 1.82) is 0 Å². The van der Waals surface area contributed by atoms with Crippen molar-refractivity contribution in [3.63, 3.8) is 0 Å². The van der Waals surface area contributed by atoms with E-state index in [0.29, 0.717) is 19.8 Å². The van der Waals surface area contributed by atoms with Crippen molar-refractivity contribution < 1.29 is 9.47 Å². The van der Waals surface area contributed by atoms with Crippen LogP contribution in [0.5, 0.6) is 0 Å². The molecule has 0 bridgehead atoms. The summed E-state index contributed by atoms with van der Waals surface area (Å²) in [5.41, 5.74) is 0. The first-order chi connectivity index (χ1) is 5.91. The third-order valence-corrected chi connectivity index (χ3v) is 1.49. The van der Waals surface area contributed by atoms with Crippen molar-refractivity contribution in [2.24, 2.45) is 0 Å². The quantitative estimate of drug-likeness (QED) is 0.340. The summed E-state index contributed by atoms with van der Waals surface area (Å²) in [6.45, 7) is 6.50. The van der Waals surface area contributed by atoms with Gasteiger partial charge in [0, 0.05) is 12.4 Å². The molecule has 12 heavy (non-hydrogen) atoms. The van der Waals surface area contributed by atoms with Gasteiger partial charge in [-0.15, -0.1) is 6.58 Å². The van der Waals surface area contributed by atoms with Crippen molar-refractivity contribution >= 4 is 12.6 Å². The van der Waals surface area contributed by atoms with Crippen LogP contribution in [0.2, 0.25) is 0 Å². The van der Waals surface area contributed by atoms with Gasteiger partial charge in [-0.1, -0.05) is 6.08 Å². The number of unbranched alkanes of at least 4 members (excludes halogenated alkanes) is 1. The fraction of sp³-hybridized carbons (Fsp3) is 0.778. The molecule has 72 valence electrons. The van der Waals surface area contributed by atoms with E-state index in [1.54, 1.807) is 0 Å². The lowest BCUT2D eigenvalue weighted by molar-refractivity contribution is 0.0532. The molecule has 0 heterocycles. The van der Waals surface area contributed by atoms with Crippen LogP contribution in [-0.4, -0.2) is 32.2 Å². The number of allylic oxidation sites excluding steroid dienone is 1. The Morgan fingerprint density at radius 1 is 1.08 bits per heavy atom. The molecule has 0 aromatic rings. The van der Waals surface area contributed by atoms with Crippen molar-refractivity contribution in [2.75, 3.05) is 32.2 Å². The summed E-state index contributed by atoms with van der Waals surface area (Å²) in [7, 11) is 0. The monoisotopic (exact) mass is 190 g/mol. The van der Waals surface area contributed by atoms with E-state index in [-0.39, 0.29) is 0 Å². The predicted molar refractivity (Wildman–Crippen MR) is 54.9 cm³/mol. The lowest BCUT2D eigenvalue weighted by Crippen LogP contribution is -2.06. The second-order valence-corrected chi connectivity index (χ2v) is 2.83. The Morgan fingerprint density at radius 2 is 1.75 bits per heavy atom. The van der Waals surface area contributed by atoms with Crippen LogP contribution in [0.15, 0.2) is 12.7 Å². The molecule has 0 rings (SSSR count). The lowest BCUT2D eigenvalue weighted by atomic mass is 10.3. The zero-order valence-corrected chi connectivity index (χ0v) is 8.39.